The molecule has 1 atom stereocenters. The summed E-state index contributed by atoms with van der Waals surface area (Å²) in [6.45, 7) is 8.36. The van der Waals surface area contributed by atoms with Gasteiger partial charge in [-0.05, 0) is 34.3 Å². The molecule has 2 rings (SSSR count). The maximum absolute atomic E-state index is 14.4. The van der Waals surface area contributed by atoms with Crippen molar-refractivity contribution in [2.75, 3.05) is 26.2 Å². The summed E-state index contributed by atoms with van der Waals surface area (Å²) in [5, 5.41) is 3.36. The second-order valence-electron chi connectivity index (χ2n) is 5.57. The number of benzene rings is 1. The number of piperazine rings is 1. The van der Waals surface area contributed by atoms with Crippen molar-refractivity contribution in [3.63, 3.8) is 0 Å². The lowest BCUT2D eigenvalue weighted by atomic mass is 9.94. The monoisotopic (exact) mass is 328 g/mol. The third-order valence-electron chi connectivity index (χ3n) is 3.63. The first-order valence-corrected chi connectivity index (χ1v) is 7.77. The zero-order valence-electron chi connectivity index (χ0n) is 11.6. The van der Waals surface area contributed by atoms with Gasteiger partial charge in [-0.2, -0.15) is 0 Å². The van der Waals surface area contributed by atoms with E-state index in [1.807, 2.05) is 12.1 Å². The Labute approximate surface area is 123 Å². The van der Waals surface area contributed by atoms with Gasteiger partial charge in [0.2, 0.25) is 0 Å². The molecule has 1 fully saturated rings. The van der Waals surface area contributed by atoms with Gasteiger partial charge in [-0.15, -0.1) is 0 Å². The van der Waals surface area contributed by atoms with Gasteiger partial charge in [0.15, 0.2) is 0 Å². The van der Waals surface area contributed by atoms with Gasteiger partial charge in [-0.3, -0.25) is 4.90 Å². The Morgan fingerprint density at radius 3 is 2.63 bits per heavy atom. The molecule has 0 amide bonds. The molecule has 1 heterocycles. The summed E-state index contributed by atoms with van der Waals surface area (Å²) in [5.41, 5.74) is 0.824. The van der Waals surface area contributed by atoms with E-state index in [1.54, 1.807) is 6.07 Å². The minimum absolute atomic E-state index is 0.105. The lowest BCUT2D eigenvalue weighted by molar-refractivity contribution is 0.151. The number of halogens is 2. The van der Waals surface area contributed by atoms with Crippen molar-refractivity contribution < 1.29 is 4.39 Å². The highest BCUT2D eigenvalue weighted by atomic mass is 79.9. The highest BCUT2D eigenvalue weighted by molar-refractivity contribution is 9.10. The van der Waals surface area contributed by atoms with Crippen molar-refractivity contribution in [2.45, 2.75) is 26.3 Å². The third-order valence-corrected chi connectivity index (χ3v) is 4.24. The maximum Gasteiger partial charge on any atom is 0.142 e. The number of hydrogen-bond donors (Lipinski definition) is 1. The minimum Gasteiger partial charge on any atom is -0.314 e. The fraction of sp³-hybridized carbons (Fsp3) is 0.600. The van der Waals surface area contributed by atoms with Gasteiger partial charge in [0.1, 0.15) is 5.82 Å². The number of rotatable bonds is 4. The quantitative estimate of drug-likeness (QED) is 0.908. The summed E-state index contributed by atoms with van der Waals surface area (Å²) in [5.74, 6) is 0.449. The van der Waals surface area contributed by atoms with Crippen LogP contribution in [0.25, 0.3) is 0 Å². The van der Waals surface area contributed by atoms with E-state index in [-0.39, 0.29) is 11.9 Å². The third kappa shape index (κ3) is 3.77. The molecule has 0 spiro atoms. The molecule has 19 heavy (non-hydrogen) atoms. The van der Waals surface area contributed by atoms with Gasteiger partial charge < -0.3 is 5.32 Å². The molecule has 0 bridgehead atoms. The molecule has 1 aromatic rings. The molecule has 0 aromatic heterocycles. The first-order chi connectivity index (χ1) is 9.09. The standard InChI is InChI=1S/C15H22BrFN2/c1-11(2)10-14(19-8-6-18-7-9-19)12-4-3-5-13(16)15(12)17/h3-5,11,14,18H,6-10H2,1-2H3/t14-/m0/s1. The van der Waals surface area contributed by atoms with Crippen LogP contribution in [0.5, 0.6) is 0 Å². The maximum atomic E-state index is 14.4. The van der Waals surface area contributed by atoms with Crippen molar-refractivity contribution in [1.29, 1.82) is 0 Å². The SMILES string of the molecule is CC(C)C[C@@H](c1cccc(Br)c1F)N1CCNCC1. The van der Waals surface area contributed by atoms with Crippen molar-refractivity contribution in [1.82, 2.24) is 10.2 Å². The second-order valence-corrected chi connectivity index (χ2v) is 6.43. The van der Waals surface area contributed by atoms with Crippen molar-refractivity contribution in [3.8, 4) is 0 Å². The zero-order valence-corrected chi connectivity index (χ0v) is 13.2. The van der Waals surface area contributed by atoms with Crippen LogP contribution < -0.4 is 5.32 Å². The Balaban J connectivity index is 2.27. The molecule has 1 aliphatic heterocycles. The highest BCUT2D eigenvalue weighted by Gasteiger charge is 2.25. The molecular weight excluding hydrogens is 307 g/mol. The summed E-state index contributed by atoms with van der Waals surface area (Å²) in [4.78, 5) is 2.40. The summed E-state index contributed by atoms with van der Waals surface area (Å²) in [7, 11) is 0. The minimum atomic E-state index is -0.105. The molecule has 0 radical (unpaired) electrons. The number of nitrogens with zero attached hydrogens (tertiary/aromatic N) is 1. The van der Waals surface area contributed by atoms with Gasteiger partial charge >= 0.3 is 0 Å². The number of nitrogens with one attached hydrogen (secondary N) is 1. The van der Waals surface area contributed by atoms with Crippen molar-refractivity contribution in [3.05, 3.63) is 34.1 Å². The van der Waals surface area contributed by atoms with Gasteiger partial charge in [0, 0.05) is 37.8 Å². The summed E-state index contributed by atoms with van der Waals surface area (Å²) in [6, 6.07) is 5.80. The molecular formula is C15H22BrFN2. The van der Waals surface area contributed by atoms with Crippen LogP contribution in [-0.4, -0.2) is 31.1 Å². The average Bonchev–Trinajstić information content (AvgIpc) is 2.40. The van der Waals surface area contributed by atoms with Gasteiger partial charge in [0.05, 0.1) is 4.47 Å². The molecule has 1 aliphatic rings. The van der Waals surface area contributed by atoms with E-state index >= 15 is 0 Å². The van der Waals surface area contributed by atoms with Crippen LogP contribution in [0, 0.1) is 11.7 Å². The Morgan fingerprint density at radius 1 is 1.32 bits per heavy atom. The van der Waals surface area contributed by atoms with Gasteiger partial charge in [0.25, 0.3) is 0 Å². The normalized spacial score (nSPS) is 18.8. The van der Waals surface area contributed by atoms with Crippen LogP contribution in [0.4, 0.5) is 4.39 Å². The molecule has 1 N–H and O–H groups in total. The summed E-state index contributed by atoms with van der Waals surface area (Å²) < 4.78 is 14.9. The van der Waals surface area contributed by atoms with E-state index in [0.717, 1.165) is 38.2 Å². The van der Waals surface area contributed by atoms with Crippen LogP contribution in [0.1, 0.15) is 31.9 Å². The Bertz CT molecular complexity index is 417. The van der Waals surface area contributed by atoms with Crippen LogP contribution in [0.15, 0.2) is 22.7 Å². The van der Waals surface area contributed by atoms with Gasteiger partial charge in [-0.1, -0.05) is 26.0 Å². The van der Waals surface area contributed by atoms with Gasteiger partial charge in [-0.25, -0.2) is 4.39 Å². The predicted molar refractivity (Wildman–Crippen MR) is 80.7 cm³/mol. The molecule has 2 nitrogen and oxygen atoms in total. The van der Waals surface area contributed by atoms with Crippen LogP contribution in [-0.2, 0) is 0 Å². The fourth-order valence-electron chi connectivity index (χ4n) is 2.69. The van der Waals surface area contributed by atoms with Crippen LogP contribution in [0.2, 0.25) is 0 Å². The fourth-order valence-corrected chi connectivity index (χ4v) is 3.07. The molecule has 1 aromatic carbocycles. The molecule has 0 unspecified atom stereocenters. The molecule has 1 saturated heterocycles. The largest absolute Gasteiger partial charge is 0.314 e. The van der Waals surface area contributed by atoms with Crippen molar-refractivity contribution in [2.24, 2.45) is 5.92 Å². The number of hydrogen-bond acceptors (Lipinski definition) is 2. The van der Waals surface area contributed by atoms with E-state index in [0.29, 0.717) is 10.4 Å². The Morgan fingerprint density at radius 2 is 2.00 bits per heavy atom. The zero-order chi connectivity index (χ0) is 13.8. The van der Waals surface area contributed by atoms with Crippen LogP contribution >= 0.6 is 15.9 Å². The van der Waals surface area contributed by atoms with E-state index in [4.69, 9.17) is 0 Å². The Kier molecular flexibility index (Phi) is 5.37. The first kappa shape index (κ1) is 14.9. The smallest absolute Gasteiger partial charge is 0.142 e. The highest BCUT2D eigenvalue weighted by Crippen LogP contribution is 2.32. The van der Waals surface area contributed by atoms with E-state index in [2.05, 4.69) is 40.0 Å². The summed E-state index contributed by atoms with van der Waals surface area (Å²) in [6.07, 6.45) is 0.993. The molecule has 0 saturated carbocycles. The molecule has 106 valence electrons. The predicted octanol–water partition coefficient (Wildman–Crippen LogP) is 3.58. The molecule has 4 heteroatoms. The van der Waals surface area contributed by atoms with E-state index < -0.39 is 0 Å². The lowest BCUT2D eigenvalue weighted by Gasteiger charge is -2.36. The topological polar surface area (TPSA) is 15.3 Å². The van der Waals surface area contributed by atoms with Crippen LogP contribution in [0.3, 0.4) is 0 Å². The first-order valence-electron chi connectivity index (χ1n) is 6.98. The van der Waals surface area contributed by atoms with E-state index in [9.17, 15) is 4.39 Å². The Hall–Kier alpha value is -0.450. The lowest BCUT2D eigenvalue weighted by Crippen LogP contribution is -2.45. The van der Waals surface area contributed by atoms with E-state index in [1.165, 1.54) is 0 Å². The van der Waals surface area contributed by atoms with Crippen molar-refractivity contribution >= 4 is 15.9 Å². The molecule has 0 aliphatic carbocycles. The summed E-state index contributed by atoms with van der Waals surface area (Å²) >= 11 is 3.30. The average molecular weight is 329 g/mol. The second kappa shape index (κ2) is 6.82.